The summed E-state index contributed by atoms with van der Waals surface area (Å²) >= 11 is 0. The maximum absolute atomic E-state index is 14.5. The van der Waals surface area contributed by atoms with E-state index in [1.807, 2.05) is 4.72 Å². The minimum Gasteiger partial charge on any atom is -0.444 e. The third-order valence-electron chi connectivity index (χ3n) is 10.5. The molecule has 2 fully saturated rings. The van der Waals surface area contributed by atoms with Gasteiger partial charge in [-0.15, -0.1) is 0 Å². The third kappa shape index (κ3) is 9.56. The van der Waals surface area contributed by atoms with Crippen molar-refractivity contribution in [2.24, 2.45) is 5.92 Å². The van der Waals surface area contributed by atoms with E-state index in [-0.39, 0.29) is 38.9 Å². The van der Waals surface area contributed by atoms with E-state index in [1.165, 1.54) is 17.0 Å². The first kappa shape index (κ1) is 42.4. The van der Waals surface area contributed by atoms with Gasteiger partial charge in [-0.25, -0.2) is 27.1 Å². The van der Waals surface area contributed by atoms with Crippen LogP contribution in [0.4, 0.5) is 27.2 Å². The largest absolute Gasteiger partial charge is 0.444 e. The molecular weight excluding hydrogens is 791 g/mol. The molecule has 0 radical (unpaired) electrons. The van der Waals surface area contributed by atoms with Crippen LogP contribution in [-0.2, 0) is 53.1 Å². The van der Waals surface area contributed by atoms with Gasteiger partial charge in [0.05, 0.1) is 23.5 Å². The first-order valence-electron chi connectivity index (χ1n) is 18.9. The van der Waals surface area contributed by atoms with E-state index in [9.17, 15) is 50.0 Å². The number of carbonyl (C=O) groups excluding carboxylic acids is 5. The van der Waals surface area contributed by atoms with E-state index in [2.05, 4.69) is 10.6 Å². The Hall–Kier alpha value is -5.20. The minimum absolute atomic E-state index is 0.0586. The maximum atomic E-state index is 14.5. The van der Waals surface area contributed by atoms with Crippen molar-refractivity contribution in [1.29, 1.82) is 0 Å². The Morgan fingerprint density at radius 3 is 2.45 bits per heavy atom. The topological polar surface area (TPSA) is 181 Å². The van der Waals surface area contributed by atoms with Gasteiger partial charge in [0.2, 0.25) is 11.8 Å². The van der Waals surface area contributed by atoms with E-state index in [1.54, 1.807) is 39.0 Å². The van der Waals surface area contributed by atoms with E-state index in [4.69, 9.17) is 9.47 Å². The predicted molar refractivity (Wildman–Crippen MR) is 197 cm³/mol. The maximum Gasteiger partial charge on any atom is 0.416 e. The fraction of sp³-hybridized carbons (Fsp3) is 0.513. The molecular formula is C39H45F4N5O9S. The third-order valence-corrected chi connectivity index (χ3v) is 11.8. The van der Waals surface area contributed by atoms with Crippen molar-refractivity contribution in [3.05, 3.63) is 77.1 Å². The van der Waals surface area contributed by atoms with Gasteiger partial charge >= 0.3 is 18.4 Å². The molecule has 0 aromatic heterocycles. The highest BCUT2D eigenvalue weighted by Gasteiger charge is 2.62. The van der Waals surface area contributed by atoms with Gasteiger partial charge in [0.15, 0.2) is 0 Å². The van der Waals surface area contributed by atoms with Crippen LogP contribution < -0.4 is 15.4 Å². The number of fused-ring (bicyclic) bond motifs is 3. The lowest BCUT2D eigenvalue weighted by molar-refractivity contribution is -0.141. The van der Waals surface area contributed by atoms with Crippen molar-refractivity contribution in [1.82, 2.24) is 25.2 Å². The monoisotopic (exact) mass is 835 g/mol. The number of nitrogens with one attached hydrogen (secondary N) is 3. The molecule has 2 aromatic rings. The smallest absolute Gasteiger partial charge is 0.416 e. The summed E-state index contributed by atoms with van der Waals surface area (Å²) in [4.78, 5) is 70.5. The summed E-state index contributed by atoms with van der Waals surface area (Å²) in [5.41, 5.74) is -3.12. The Bertz CT molecular complexity index is 2110. The van der Waals surface area contributed by atoms with Crippen molar-refractivity contribution in [2.45, 2.75) is 119 Å². The van der Waals surface area contributed by atoms with Gasteiger partial charge in [-0.1, -0.05) is 43.2 Å². The van der Waals surface area contributed by atoms with Crippen molar-refractivity contribution >= 4 is 39.9 Å². The highest BCUT2D eigenvalue weighted by atomic mass is 32.2. The van der Waals surface area contributed by atoms with Crippen LogP contribution in [0.25, 0.3) is 0 Å². The zero-order chi connectivity index (χ0) is 42.2. The van der Waals surface area contributed by atoms with Gasteiger partial charge in [-0.3, -0.25) is 19.3 Å². The molecule has 14 nitrogen and oxygen atoms in total. The van der Waals surface area contributed by atoms with Crippen LogP contribution in [-0.4, -0.2) is 84.0 Å². The highest BCUT2D eigenvalue weighted by molar-refractivity contribution is 7.90. The number of hydrogen-bond acceptors (Lipinski definition) is 9. The SMILES string of the molecule is CC(C)(C)OC(=O)N[C@H]1CCCCC/C=C\[C@H]2C[C@]2(C(=O)NS(=O)(=O)c2cccc(C(F)(F)F)c2)NC(=O)[C@@H]2C[C@@H](OC(=O)N3Cc4cccc(F)c4C3)CN2C1=O. The molecule has 0 spiro atoms. The average molecular weight is 836 g/mol. The van der Waals surface area contributed by atoms with Crippen molar-refractivity contribution in [2.75, 3.05) is 6.54 Å². The molecule has 1 saturated carbocycles. The van der Waals surface area contributed by atoms with Crippen molar-refractivity contribution in [3.8, 4) is 0 Å². The summed E-state index contributed by atoms with van der Waals surface area (Å²) in [7, 11) is -4.87. The number of ether oxygens (including phenoxy) is 2. The van der Waals surface area contributed by atoms with E-state index < -0.39 is 97.6 Å². The molecule has 5 amide bonds. The van der Waals surface area contributed by atoms with E-state index in [0.29, 0.717) is 48.9 Å². The van der Waals surface area contributed by atoms with E-state index >= 15 is 0 Å². The molecule has 3 heterocycles. The molecule has 0 bridgehead atoms. The summed E-state index contributed by atoms with van der Waals surface area (Å²) in [6.45, 7) is 4.62. The van der Waals surface area contributed by atoms with Gasteiger partial charge in [0.1, 0.15) is 35.1 Å². The van der Waals surface area contributed by atoms with Gasteiger partial charge in [0.25, 0.3) is 15.9 Å². The molecule has 5 atom stereocenters. The Morgan fingerprint density at radius 1 is 1.00 bits per heavy atom. The number of alkyl halides is 3. The molecule has 0 unspecified atom stereocenters. The van der Waals surface area contributed by atoms with Crippen LogP contribution in [0.15, 0.2) is 59.5 Å². The molecule has 314 valence electrons. The number of halogens is 4. The Kier molecular flexibility index (Phi) is 11.9. The molecule has 1 saturated heterocycles. The molecule has 3 aliphatic heterocycles. The van der Waals surface area contributed by atoms with E-state index in [0.717, 1.165) is 17.0 Å². The molecule has 19 heteroatoms. The second-order valence-electron chi connectivity index (χ2n) is 16.0. The zero-order valence-corrected chi connectivity index (χ0v) is 32.9. The lowest BCUT2D eigenvalue weighted by atomic mass is 10.0. The highest BCUT2D eigenvalue weighted by Crippen LogP contribution is 2.46. The zero-order valence-electron chi connectivity index (χ0n) is 32.1. The van der Waals surface area contributed by atoms with Gasteiger partial charge < -0.3 is 25.0 Å². The predicted octanol–water partition coefficient (Wildman–Crippen LogP) is 5.06. The Labute approximate surface area is 332 Å². The average Bonchev–Trinajstić information content (AvgIpc) is 3.42. The van der Waals surface area contributed by atoms with Crippen LogP contribution in [0.5, 0.6) is 0 Å². The first-order chi connectivity index (χ1) is 27.2. The molecule has 4 aliphatic rings. The fourth-order valence-corrected chi connectivity index (χ4v) is 8.54. The minimum atomic E-state index is -4.87. The molecule has 1 aliphatic carbocycles. The summed E-state index contributed by atoms with van der Waals surface area (Å²) in [5.74, 6) is -4.03. The number of benzene rings is 2. The number of allylic oxidation sites excluding steroid dienone is 1. The summed E-state index contributed by atoms with van der Waals surface area (Å²) in [5, 5.41) is 5.23. The Morgan fingerprint density at radius 2 is 1.74 bits per heavy atom. The number of hydrogen-bond donors (Lipinski definition) is 3. The second kappa shape index (κ2) is 16.2. The Balaban J connectivity index is 1.27. The fourth-order valence-electron chi connectivity index (χ4n) is 7.45. The number of rotatable bonds is 5. The van der Waals surface area contributed by atoms with Crippen molar-refractivity contribution < 1.29 is 59.4 Å². The first-order valence-corrected chi connectivity index (χ1v) is 20.4. The van der Waals surface area contributed by atoms with Crippen LogP contribution >= 0.6 is 0 Å². The van der Waals surface area contributed by atoms with Gasteiger partial charge in [-0.2, -0.15) is 13.2 Å². The lowest BCUT2D eigenvalue weighted by Gasteiger charge is -2.30. The molecule has 6 rings (SSSR count). The standard InChI is InChI=1S/C39H45F4N5O9S/c1-37(2,3)57-35(52)44-30-16-8-6-4-5-7-12-25-19-38(25,34(51)46-58(54,55)27-14-10-13-24(17-27)39(41,42)43)45-32(49)31-18-26(21-48(31)33(30)50)56-36(53)47-20-23-11-9-15-29(40)28(23)22-47/h7,9-15,17,25-26,30-31H,4-6,8,16,18-22H2,1-3H3,(H,44,52)(H,45,49)(H,46,51)/b12-7-/t25-,26+,30-,31-,38-/m0/s1. The van der Waals surface area contributed by atoms with Crippen LogP contribution in [0.1, 0.15) is 82.4 Å². The summed E-state index contributed by atoms with van der Waals surface area (Å²) in [6.07, 6.45) is -2.14. The van der Waals surface area contributed by atoms with Gasteiger partial charge in [0, 0.05) is 24.4 Å². The number of amides is 5. The second-order valence-corrected chi connectivity index (χ2v) is 17.7. The van der Waals surface area contributed by atoms with Crippen LogP contribution in [0, 0.1) is 11.7 Å². The van der Waals surface area contributed by atoms with Crippen LogP contribution in [0.3, 0.4) is 0 Å². The van der Waals surface area contributed by atoms with Gasteiger partial charge in [-0.05, 0) is 76.3 Å². The lowest BCUT2D eigenvalue weighted by Crippen LogP contribution is -2.58. The number of sulfonamides is 1. The molecule has 58 heavy (non-hydrogen) atoms. The number of nitrogens with zero attached hydrogens (tertiary/aromatic N) is 2. The number of alkyl carbamates (subject to hydrolysis) is 1. The van der Waals surface area contributed by atoms with Crippen LogP contribution in [0.2, 0.25) is 0 Å². The normalized spacial score (nSPS) is 25.8. The summed E-state index contributed by atoms with van der Waals surface area (Å²) in [6, 6.07) is 4.73. The molecule has 2 aromatic carbocycles. The summed E-state index contributed by atoms with van der Waals surface area (Å²) < 4.78 is 94.3. The van der Waals surface area contributed by atoms with Crippen molar-refractivity contribution in [3.63, 3.8) is 0 Å². The number of carbonyl (C=O) groups is 5. The quantitative estimate of drug-likeness (QED) is 0.274. The molecule has 3 N–H and O–H groups in total.